The van der Waals surface area contributed by atoms with Gasteiger partial charge in [0.2, 0.25) is 0 Å². The van der Waals surface area contributed by atoms with Crippen molar-refractivity contribution in [2.75, 3.05) is 6.54 Å². The molecule has 1 amide bonds. The quantitative estimate of drug-likeness (QED) is 0.272. The molecule has 1 fully saturated rings. The van der Waals surface area contributed by atoms with Gasteiger partial charge in [0, 0.05) is 12.1 Å². The average Bonchev–Trinajstić information content (AvgIpc) is 3.18. The van der Waals surface area contributed by atoms with E-state index in [1.54, 1.807) is 4.90 Å². The highest BCUT2D eigenvalue weighted by Gasteiger charge is 2.32. The van der Waals surface area contributed by atoms with Crippen molar-refractivity contribution in [1.82, 2.24) is 4.90 Å². The fourth-order valence-corrected chi connectivity index (χ4v) is 5.10. The van der Waals surface area contributed by atoms with Gasteiger partial charge in [-0.15, -0.1) is 0 Å². The number of aryl methyl sites for hydroxylation is 1. The monoisotopic (exact) mass is 478 g/mol. The van der Waals surface area contributed by atoms with Gasteiger partial charge in [-0.3, -0.25) is 9.69 Å². The van der Waals surface area contributed by atoms with Gasteiger partial charge < -0.3 is 4.74 Å². The van der Waals surface area contributed by atoms with Crippen molar-refractivity contribution >= 4 is 45.4 Å². The van der Waals surface area contributed by atoms with Crippen molar-refractivity contribution in [3.63, 3.8) is 0 Å². The third kappa shape index (κ3) is 5.00. The molecule has 0 spiro atoms. The number of hydrogen-bond acceptors (Lipinski definition) is 4. The number of ether oxygens (including phenoxy) is 1. The molecule has 4 aromatic rings. The number of carbonyl (C=O) groups is 1. The molecule has 5 rings (SSSR count). The molecule has 0 saturated carbocycles. The zero-order chi connectivity index (χ0) is 24.2. The first-order valence-corrected chi connectivity index (χ1v) is 12.5. The van der Waals surface area contributed by atoms with E-state index in [4.69, 9.17) is 9.73 Å². The minimum Gasteiger partial charge on any atom is -0.488 e. The van der Waals surface area contributed by atoms with E-state index in [2.05, 4.69) is 30.3 Å². The summed E-state index contributed by atoms with van der Waals surface area (Å²) < 4.78 is 6.25. The van der Waals surface area contributed by atoms with Crippen LogP contribution >= 0.6 is 11.8 Å². The molecule has 174 valence electrons. The summed E-state index contributed by atoms with van der Waals surface area (Å²) in [6.45, 7) is 5.02. The number of amides is 1. The van der Waals surface area contributed by atoms with E-state index < -0.39 is 0 Å². The smallest absolute Gasteiger partial charge is 0.266 e. The van der Waals surface area contributed by atoms with Crippen LogP contribution in [-0.2, 0) is 11.4 Å². The summed E-state index contributed by atoms with van der Waals surface area (Å²) in [5.41, 5.74) is 4.01. The molecule has 1 aliphatic heterocycles. The SMILES string of the molecule is CCN1C(=O)/C(=C\c2ccccc2OCc2cccc3ccccc23)SC1=Nc1ccc(C)cc1. The fourth-order valence-electron chi connectivity index (χ4n) is 4.05. The summed E-state index contributed by atoms with van der Waals surface area (Å²) in [6.07, 6.45) is 1.91. The number of benzene rings is 4. The Kier molecular flexibility index (Phi) is 6.68. The standard InChI is InChI=1S/C30H26N2O2S/c1-3-32-29(33)28(35-30(32)31-25-17-15-21(2)16-18-25)19-23-10-5-7-14-27(23)34-20-24-12-8-11-22-9-4-6-13-26(22)24/h4-19H,3,20H2,1-2H3/b28-19+,31-30?. The van der Waals surface area contributed by atoms with Gasteiger partial charge in [0.25, 0.3) is 5.91 Å². The van der Waals surface area contributed by atoms with Gasteiger partial charge in [0.15, 0.2) is 5.17 Å². The van der Waals surface area contributed by atoms with Crippen LogP contribution in [0.5, 0.6) is 5.75 Å². The van der Waals surface area contributed by atoms with Crippen molar-refractivity contribution in [1.29, 1.82) is 0 Å². The Bertz CT molecular complexity index is 1440. The minimum absolute atomic E-state index is 0.0350. The lowest BCUT2D eigenvalue weighted by atomic mass is 10.1. The number of nitrogens with zero attached hydrogens (tertiary/aromatic N) is 2. The number of thioether (sulfide) groups is 1. The Morgan fingerprint density at radius 2 is 1.66 bits per heavy atom. The van der Waals surface area contributed by atoms with Crippen LogP contribution in [0.1, 0.15) is 23.6 Å². The molecule has 0 bridgehead atoms. The molecule has 35 heavy (non-hydrogen) atoms. The Hall–Kier alpha value is -3.83. The van der Waals surface area contributed by atoms with Crippen LogP contribution in [0.25, 0.3) is 16.8 Å². The molecule has 5 heteroatoms. The van der Waals surface area contributed by atoms with E-state index in [-0.39, 0.29) is 5.91 Å². The maximum absolute atomic E-state index is 13.1. The van der Waals surface area contributed by atoms with Crippen LogP contribution in [0.15, 0.2) is 101 Å². The van der Waals surface area contributed by atoms with E-state index in [1.807, 2.05) is 80.6 Å². The van der Waals surface area contributed by atoms with Crippen LogP contribution < -0.4 is 4.74 Å². The highest BCUT2D eigenvalue weighted by Crippen LogP contribution is 2.35. The Balaban J connectivity index is 1.41. The number of fused-ring (bicyclic) bond motifs is 1. The van der Waals surface area contributed by atoms with Gasteiger partial charge in [0.1, 0.15) is 12.4 Å². The lowest BCUT2D eigenvalue weighted by molar-refractivity contribution is -0.122. The van der Waals surface area contributed by atoms with Crippen LogP contribution in [0.2, 0.25) is 0 Å². The van der Waals surface area contributed by atoms with Crippen LogP contribution in [-0.4, -0.2) is 22.5 Å². The summed E-state index contributed by atoms with van der Waals surface area (Å²) in [6, 6.07) is 30.4. The first kappa shape index (κ1) is 22.9. The molecule has 0 atom stereocenters. The van der Waals surface area contributed by atoms with E-state index in [9.17, 15) is 4.79 Å². The normalized spacial score (nSPS) is 15.9. The fraction of sp³-hybridized carbons (Fsp3) is 0.133. The molecule has 0 radical (unpaired) electrons. The zero-order valence-electron chi connectivity index (χ0n) is 19.8. The molecule has 4 aromatic carbocycles. The van der Waals surface area contributed by atoms with E-state index in [1.165, 1.54) is 28.1 Å². The Morgan fingerprint density at radius 1 is 0.914 bits per heavy atom. The highest BCUT2D eigenvalue weighted by molar-refractivity contribution is 8.18. The van der Waals surface area contributed by atoms with E-state index in [0.29, 0.717) is 23.2 Å². The summed E-state index contributed by atoms with van der Waals surface area (Å²) >= 11 is 1.40. The summed E-state index contributed by atoms with van der Waals surface area (Å²) in [5.74, 6) is 0.709. The molecule has 0 aliphatic carbocycles. The molecule has 1 heterocycles. The number of likely N-dealkylation sites (N-methyl/N-ethyl adjacent to an activating group) is 1. The van der Waals surface area contributed by atoms with Crippen molar-refractivity contribution in [3.8, 4) is 5.75 Å². The maximum Gasteiger partial charge on any atom is 0.266 e. The van der Waals surface area contributed by atoms with Gasteiger partial charge in [-0.1, -0.05) is 78.4 Å². The predicted octanol–water partition coefficient (Wildman–Crippen LogP) is 7.35. The first-order valence-electron chi connectivity index (χ1n) is 11.7. The van der Waals surface area contributed by atoms with Crippen LogP contribution in [0.4, 0.5) is 5.69 Å². The largest absolute Gasteiger partial charge is 0.488 e. The number of amidine groups is 1. The molecule has 1 saturated heterocycles. The van der Waals surface area contributed by atoms with E-state index in [0.717, 1.165) is 22.6 Å². The second-order valence-corrected chi connectivity index (χ2v) is 9.36. The summed E-state index contributed by atoms with van der Waals surface area (Å²) in [7, 11) is 0. The van der Waals surface area contributed by atoms with Crippen molar-refractivity contribution in [2.45, 2.75) is 20.5 Å². The Labute approximate surface area is 210 Å². The second kappa shape index (κ2) is 10.2. The van der Waals surface area contributed by atoms with Gasteiger partial charge in [-0.25, -0.2) is 4.99 Å². The molecule has 1 aliphatic rings. The highest BCUT2D eigenvalue weighted by atomic mass is 32.2. The lowest BCUT2D eigenvalue weighted by Crippen LogP contribution is -2.28. The average molecular weight is 479 g/mol. The number of aliphatic imine (C=N–C) groups is 1. The van der Waals surface area contributed by atoms with Crippen molar-refractivity contribution < 1.29 is 9.53 Å². The topological polar surface area (TPSA) is 41.9 Å². The lowest BCUT2D eigenvalue weighted by Gasteiger charge is -2.12. The van der Waals surface area contributed by atoms with Gasteiger partial charge >= 0.3 is 0 Å². The van der Waals surface area contributed by atoms with Crippen LogP contribution in [0, 0.1) is 6.92 Å². The molecular formula is C30H26N2O2S. The van der Waals surface area contributed by atoms with Crippen LogP contribution in [0.3, 0.4) is 0 Å². The molecule has 4 nitrogen and oxygen atoms in total. The third-order valence-electron chi connectivity index (χ3n) is 5.93. The minimum atomic E-state index is -0.0350. The Morgan fingerprint density at radius 3 is 2.49 bits per heavy atom. The number of para-hydroxylation sites is 1. The number of rotatable bonds is 6. The first-order chi connectivity index (χ1) is 17.1. The van der Waals surface area contributed by atoms with Crippen molar-refractivity contribution in [3.05, 3.63) is 113 Å². The molecular weight excluding hydrogens is 452 g/mol. The zero-order valence-corrected chi connectivity index (χ0v) is 20.6. The third-order valence-corrected chi connectivity index (χ3v) is 6.94. The summed E-state index contributed by atoms with van der Waals surface area (Å²) in [4.78, 5) is 20.2. The van der Waals surface area contributed by atoms with Crippen molar-refractivity contribution in [2.24, 2.45) is 4.99 Å². The van der Waals surface area contributed by atoms with E-state index >= 15 is 0 Å². The molecule has 0 unspecified atom stereocenters. The van der Waals surface area contributed by atoms with Gasteiger partial charge in [-0.05, 0) is 66.2 Å². The summed E-state index contributed by atoms with van der Waals surface area (Å²) in [5, 5.41) is 3.07. The van der Waals surface area contributed by atoms with Gasteiger partial charge in [0.05, 0.1) is 10.6 Å². The number of hydrogen-bond donors (Lipinski definition) is 0. The van der Waals surface area contributed by atoms with Gasteiger partial charge in [-0.2, -0.15) is 0 Å². The number of carbonyl (C=O) groups excluding carboxylic acids is 1. The molecule has 0 aromatic heterocycles. The maximum atomic E-state index is 13.1. The second-order valence-electron chi connectivity index (χ2n) is 8.35. The molecule has 0 N–H and O–H groups in total. The predicted molar refractivity (Wildman–Crippen MR) is 146 cm³/mol.